The number of benzene rings is 1. The van der Waals surface area contributed by atoms with Gasteiger partial charge in [-0.15, -0.1) is 0 Å². The van der Waals surface area contributed by atoms with Crippen molar-refractivity contribution in [3.63, 3.8) is 0 Å². The topological polar surface area (TPSA) is 22.1 Å². The third kappa shape index (κ3) is 3.61. The Morgan fingerprint density at radius 1 is 1.15 bits per heavy atom. The third-order valence-corrected chi connectivity index (χ3v) is 3.05. The van der Waals surface area contributed by atoms with Gasteiger partial charge < -0.3 is 4.74 Å². The van der Waals surface area contributed by atoms with Gasteiger partial charge in [0.1, 0.15) is 16.7 Å². The van der Waals surface area contributed by atoms with Crippen molar-refractivity contribution in [3.05, 3.63) is 51.3 Å². The second-order valence-corrected chi connectivity index (χ2v) is 4.93. The fourth-order valence-corrected chi connectivity index (χ4v) is 1.89. The van der Waals surface area contributed by atoms with E-state index in [1.54, 1.807) is 0 Å². The number of alkyl halides is 3. The largest absolute Gasteiger partial charge is 0.438 e. The van der Waals surface area contributed by atoms with Crippen molar-refractivity contribution < 1.29 is 22.3 Å². The molecule has 1 aromatic carbocycles. The Morgan fingerprint density at radius 3 is 2.50 bits per heavy atom. The Bertz CT molecular complexity index is 648. The molecular weight excluding hydrogens is 365 g/mol. The monoisotopic (exact) mass is 369 g/mol. The smallest absolute Gasteiger partial charge is 0.416 e. The minimum absolute atomic E-state index is 0.00658. The number of halogens is 6. The van der Waals surface area contributed by atoms with Gasteiger partial charge in [-0.05, 0) is 34.1 Å². The summed E-state index contributed by atoms with van der Waals surface area (Å²) in [5.41, 5.74) is -1.000. The van der Waals surface area contributed by atoms with E-state index in [2.05, 4.69) is 20.9 Å². The molecule has 2 nitrogen and oxygen atoms in total. The first-order valence-corrected chi connectivity index (χ1v) is 6.30. The van der Waals surface area contributed by atoms with Crippen LogP contribution in [0.1, 0.15) is 5.56 Å². The standard InChI is InChI=1S/C12H5BrClF4NO/c13-8-2-1-7(15)5-9(8)20-11-4-6(12(16,17)18)3-10(14)19-11/h1-5H. The van der Waals surface area contributed by atoms with Crippen molar-refractivity contribution >= 4 is 27.5 Å². The van der Waals surface area contributed by atoms with Gasteiger partial charge in [-0.3, -0.25) is 0 Å². The molecule has 2 aromatic rings. The van der Waals surface area contributed by atoms with Gasteiger partial charge in [-0.25, -0.2) is 9.37 Å². The third-order valence-electron chi connectivity index (χ3n) is 2.21. The van der Waals surface area contributed by atoms with E-state index in [0.717, 1.165) is 6.07 Å². The first-order valence-electron chi connectivity index (χ1n) is 5.13. The van der Waals surface area contributed by atoms with E-state index in [4.69, 9.17) is 16.3 Å². The number of hydrogen-bond donors (Lipinski definition) is 0. The highest BCUT2D eigenvalue weighted by Gasteiger charge is 2.32. The Morgan fingerprint density at radius 2 is 1.85 bits per heavy atom. The van der Waals surface area contributed by atoms with Crippen LogP contribution in [-0.2, 0) is 6.18 Å². The summed E-state index contributed by atoms with van der Waals surface area (Å²) in [6, 6.07) is 4.90. The molecule has 0 aliphatic carbocycles. The Hall–Kier alpha value is -1.34. The number of rotatable bonds is 2. The molecule has 0 aliphatic rings. The van der Waals surface area contributed by atoms with E-state index in [9.17, 15) is 17.6 Å². The summed E-state index contributed by atoms with van der Waals surface area (Å²) in [5.74, 6) is -0.981. The zero-order valence-corrected chi connectivity index (χ0v) is 11.9. The van der Waals surface area contributed by atoms with Crippen LogP contribution in [-0.4, -0.2) is 4.98 Å². The van der Waals surface area contributed by atoms with Crippen LogP contribution in [0.4, 0.5) is 17.6 Å². The predicted octanol–water partition coefficient (Wildman–Crippen LogP) is 5.45. The van der Waals surface area contributed by atoms with Gasteiger partial charge in [0.05, 0.1) is 10.0 Å². The number of hydrogen-bond acceptors (Lipinski definition) is 2. The van der Waals surface area contributed by atoms with E-state index in [0.29, 0.717) is 16.6 Å². The molecule has 0 N–H and O–H groups in total. The normalized spacial score (nSPS) is 11.5. The summed E-state index contributed by atoms with van der Waals surface area (Å²) in [5, 5.41) is -0.373. The molecule has 0 aliphatic heterocycles. The lowest BCUT2D eigenvalue weighted by Crippen LogP contribution is -2.06. The Balaban J connectivity index is 2.39. The van der Waals surface area contributed by atoms with Gasteiger partial charge in [0, 0.05) is 12.1 Å². The second-order valence-electron chi connectivity index (χ2n) is 3.69. The molecule has 0 atom stereocenters. The molecule has 0 saturated carbocycles. The zero-order chi connectivity index (χ0) is 14.9. The number of pyridine rings is 1. The van der Waals surface area contributed by atoms with Crippen LogP contribution in [0.15, 0.2) is 34.8 Å². The fraction of sp³-hybridized carbons (Fsp3) is 0.0833. The van der Waals surface area contributed by atoms with E-state index in [1.807, 2.05) is 0 Å². The molecule has 1 heterocycles. The average Bonchev–Trinajstić information content (AvgIpc) is 2.32. The maximum Gasteiger partial charge on any atom is 0.416 e. The van der Waals surface area contributed by atoms with Crippen molar-refractivity contribution in [1.82, 2.24) is 4.98 Å². The number of nitrogens with zero attached hydrogens (tertiary/aromatic N) is 1. The first kappa shape index (κ1) is 15.1. The predicted molar refractivity (Wildman–Crippen MR) is 68.4 cm³/mol. The van der Waals surface area contributed by atoms with Crippen molar-refractivity contribution in [1.29, 1.82) is 0 Å². The molecule has 0 spiro atoms. The molecule has 2 rings (SSSR count). The van der Waals surface area contributed by atoms with Crippen LogP contribution >= 0.6 is 27.5 Å². The molecule has 0 fully saturated rings. The van der Waals surface area contributed by atoms with Crippen LogP contribution in [0.2, 0.25) is 5.15 Å². The van der Waals surface area contributed by atoms with Gasteiger partial charge in [0.2, 0.25) is 5.88 Å². The SMILES string of the molecule is Fc1ccc(Br)c(Oc2cc(C(F)(F)F)cc(Cl)n2)c1. The molecule has 106 valence electrons. The highest BCUT2D eigenvalue weighted by molar-refractivity contribution is 9.10. The molecule has 0 radical (unpaired) electrons. The fourth-order valence-electron chi connectivity index (χ4n) is 1.36. The van der Waals surface area contributed by atoms with E-state index < -0.39 is 17.6 Å². The van der Waals surface area contributed by atoms with E-state index >= 15 is 0 Å². The van der Waals surface area contributed by atoms with Gasteiger partial charge in [0.25, 0.3) is 0 Å². The molecular formula is C12H5BrClF4NO. The minimum Gasteiger partial charge on any atom is -0.438 e. The van der Waals surface area contributed by atoms with Crippen molar-refractivity contribution in [2.24, 2.45) is 0 Å². The maximum absolute atomic E-state index is 13.1. The Kier molecular flexibility index (Phi) is 4.19. The van der Waals surface area contributed by atoms with Crippen LogP contribution in [0, 0.1) is 5.82 Å². The van der Waals surface area contributed by atoms with Crippen LogP contribution in [0.3, 0.4) is 0 Å². The first-order chi connectivity index (χ1) is 9.25. The highest BCUT2D eigenvalue weighted by atomic mass is 79.9. The van der Waals surface area contributed by atoms with Crippen LogP contribution in [0.25, 0.3) is 0 Å². The molecule has 0 saturated heterocycles. The van der Waals surface area contributed by atoms with Crippen LogP contribution in [0.5, 0.6) is 11.6 Å². The summed E-state index contributed by atoms with van der Waals surface area (Å²) in [6.45, 7) is 0. The summed E-state index contributed by atoms with van der Waals surface area (Å²) in [6.07, 6.45) is -4.58. The lowest BCUT2D eigenvalue weighted by molar-refractivity contribution is -0.137. The summed E-state index contributed by atoms with van der Waals surface area (Å²) < 4.78 is 56.4. The van der Waals surface area contributed by atoms with Crippen molar-refractivity contribution in [2.75, 3.05) is 0 Å². The molecule has 0 amide bonds. The number of ether oxygens (including phenoxy) is 1. The molecule has 20 heavy (non-hydrogen) atoms. The average molecular weight is 371 g/mol. The Labute approximate surface area is 124 Å². The molecule has 1 aromatic heterocycles. The summed E-state index contributed by atoms with van der Waals surface area (Å²) >= 11 is 8.61. The van der Waals surface area contributed by atoms with Crippen LogP contribution < -0.4 is 4.74 Å². The van der Waals surface area contributed by atoms with Crippen molar-refractivity contribution in [2.45, 2.75) is 6.18 Å². The van der Waals surface area contributed by atoms with Gasteiger partial charge in [-0.1, -0.05) is 11.6 Å². The summed E-state index contributed by atoms with van der Waals surface area (Å²) in [4.78, 5) is 3.61. The second kappa shape index (κ2) is 5.57. The summed E-state index contributed by atoms with van der Waals surface area (Å²) in [7, 11) is 0. The van der Waals surface area contributed by atoms with Crippen molar-refractivity contribution in [3.8, 4) is 11.6 Å². The quantitative estimate of drug-likeness (QED) is 0.518. The van der Waals surface area contributed by atoms with Gasteiger partial charge in [-0.2, -0.15) is 13.2 Å². The maximum atomic E-state index is 13.1. The van der Waals surface area contributed by atoms with E-state index in [1.165, 1.54) is 12.1 Å². The van der Waals surface area contributed by atoms with E-state index in [-0.39, 0.29) is 16.8 Å². The van der Waals surface area contributed by atoms with Gasteiger partial charge in [0.15, 0.2) is 0 Å². The molecule has 0 unspecified atom stereocenters. The lowest BCUT2D eigenvalue weighted by Gasteiger charge is -2.11. The minimum atomic E-state index is -4.58. The zero-order valence-electron chi connectivity index (χ0n) is 9.51. The highest BCUT2D eigenvalue weighted by Crippen LogP contribution is 2.35. The number of aromatic nitrogens is 1. The lowest BCUT2D eigenvalue weighted by atomic mass is 10.2. The molecule has 0 bridgehead atoms. The van der Waals surface area contributed by atoms with Gasteiger partial charge >= 0.3 is 6.18 Å². The molecule has 8 heteroatoms.